The van der Waals surface area contributed by atoms with Crippen LogP contribution in [-0.2, 0) is 0 Å². The Kier molecular flexibility index (Phi) is 2.10. The molecule has 2 saturated carbocycles. The van der Waals surface area contributed by atoms with Crippen LogP contribution in [0.25, 0.3) is 0 Å². The summed E-state index contributed by atoms with van der Waals surface area (Å²) < 4.78 is 0. The van der Waals surface area contributed by atoms with Crippen LogP contribution in [-0.4, -0.2) is 30.1 Å². The second kappa shape index (κ2) is 3.21. The second-order valence-electron chi connectivity index (χ2n) is 5.79. The first-order valence-corrected chi connectivity index (χ1v) is 6.27. The van der Waals surface area contributed by atoms with Crippen molar-refractivity contribution in [1.82, 2.24) is 4.90 Å². The number of hydrogen-bond acceptors (Lipinski definition) is 2. The first-order valence-electron chi connectivity index (χ1n) is 6.27. The van der Waals surface area contributed by atoms with Gasteiger partial charge >= 0.3 is 0 Å². The van der Waals surface area contributed by atoms with E-state index in [9.17, 15) is 0 Å². The van der Waals surface area contributed by atoms with Gasteiger partial charge in [0.25, 0.3) is 0 Å². The number of nitrogens with zero attached hydrogens (tertiary/aromatic N) is 1. The molecule has 3 fully saturated rings. The summed E-state index contributed by atoms with van der Waals surface area (Å²) in [6.45, 7) is 2.78. The first-order chi connectivity index (χ1) is 6.77. The van der Waals surface area contributed by atoms with Gasteiger partial charge in [0.1, 0.15) is 0 Å². The average Bonchev–Trinajstić information content (AvgIpc) is 2.79. The summed E-state index contributed by atoms with van der Waals surface area (Å²) >= 11 is 0. The van der Waals surface area contributed by atoms with Gasteiger partial charge in [-0.15, -0.1) is 0 Å². The van der Waals surface area contributed by atoms with Crippen molar-refractivity contribution in [2.24, 2.45) is 11.1 Å². The molecule has 3 rings (SSSR count). The zero-order valence-corrected chi connectivity index (χ0v) is 9.04. The highest BCUT2D eigenvalue weighted by molar-refractivity contribution is 5.02. The third kappa shape index (κ3) is 1.59. The molecular weight excluding hydrogens is 172 g/mol. The normalized spacial score (nSPS) is 41.8. The maximum Gasteiger partial charge on any atom is 0.00966 e. The molecule has 1 heterocycles. The van der Waals surface area contributed by atoms with Crippen LogP contribution in [0.15, 0.2) is 0 Å². The Bertz CT molecular complexity index is 214. The molecule has 0 aromatic rings. The van der Waals surface area contributed by atoms with Gasteiger partial charge in [0.15, 0.2) is 0 Å². The maximum absolute atomic E-state index is 5.94. The average molecular weight is 194 g/mol. The van der Waals surface area contributed by atoms with E-state index in [1.807, 2.05) is 0 Å². The second-order valence-corrected chi connectivity index (χ2v) is 5.79. The molecule has 14 heavy (non-hydrogen) atoms. The smallest absolute Gasteiger partial charge is 0.00966 e. The van der Waals surface area contributed by atoms with Gasteiger partial charge in [0, 0.05) is 18.6 Å². The molecule has 1 aliphatic heterocycles. The van der Waals surface area contributed by atoms with E-state index in [-0.39, 0.29) is 0 Å². The van der Waals surface area contributed by atoms with Crippen LogP contribution >= 0.6 is 0 Å². The molecule has 0 atom stereocenters. The highest BCUT2D eigenvalue weighted by atomic mass is 15.2. The fourth-order valence-corrected chi connectivity index (χ4v) is 3.33. The lowest BCUT2D eigenvalue weighted by Gasteiger charge is -2.33. The van der Waals surface area contributed by atoms with Crippen LogP contribution < -0.4 is 5.73 Å². The number of likely N-dealkylation sites (tertiary alicyclic amines) is 1. The van der Waals surface area contributed by atoms with Crippen molar-refractivity contribution in [1.29, 1.82) is 0 Å². The van der Waals surface area contributed by atoms with E-state index in [1.165, 1.54) is 58.0 Å². The summed E-state index contributed by atoms with van der Waals surface area (Å²) in [6, 6.07) is 1.39. The Morgan fingerprint density at radius 3 is 2.29 bits per heavy atom. The molecule has 0 aromatic carbocycles. The Labute approximate surface area is 86.8 Å². The minimum atomic E-state index is 0.503. The van der Waals surface area contributed by atoms with Gasteiger partial charge in [-0.05, 0) is 56.9 Å². The van der Waals surface area contributed by atoms with E-state index in [0.29, 0.717) is 6.04 Å². The van der Waals surface area contributed by atoms with Crippen molar-refractivity contribution >= 4 is 0 Å². The van der Waals surface area contributed by atoms with Gasteiger partial charge in [-0.1, -0.05) is 0 Å². The molecule has 0 aromatic heterocycles. The molecule has 0 radical (unpaired) electrons. The van der Waals surface area contributed by atoms with Crippen molar-refractivity contribution in [3.05, 3.63) is 0 Å². The largest absolute Gasteiger partial charge is 0.328 e. The molecule has 0 amide bonds. The number of nitrogens with two attached hydrogens (primary N) is 1. The van der Waals surface area contributed by atoms with E-state index in [4.69, 9.17) is 5.73 Å². The third-order valence-corrected chi connectivity index (χ3v) is 4.68. The third-order valence-electron chi connectivity index (χ3n) is 4.68. The Morgan fingerprint density at radius 2 is 1.71 bits per heavy atom. The number of rotatable bonds is 1. The monoisotopic (exact) mass is 194 g/mol. The molecule has 3 aliphatic rings. The SMILES string of the molecule is NC1CCC(N2CCC3(CC3)C2)CC1. The maximum atomic E-state index is 5.94. The van der Waals surface area contributed by atoms with Gasteiger partial charge < -0.3 is 5.73 Å². The van der Waals surface area contributed by atoms with Crippen LogP contribution in [0.4, 0.5) is 0 Å². The summed E-state index contributed by atoms with van der Waals surface area (Å²) in [5, 5.41) is 0. The van der Waals surface area contributed by atoms with Gasteiger partial charge in [-0.2, -0.15) is 0 Å². The highest BCUT2D eigenvalue weighted by Crippen LogP contribution is 2.53. The van der Waals surface area contributed by atoms with Gasteiger partial charge in [-0.3, -0.25) is 4.90 Å². The standard InChI is InChI=1S/C12H22N2/c13-10-1-3-11(4-2-10)14-8-7-12(9-14)5-6-12/h10-11H,1-9,13H2. The predicted octanol–water partition coefficient (Wildman–Crippen LogP) is 1.74. The first kappa shape index (κ1) is 9.17. The van der Waals surface area contributed by atoms with Crippen LogP contribution in [0.2, 0.25) is 0 Å². The predicted molar refractivity (Wildman–Crippen MR) is 58.1 cm³/mol. The summed E-state index contributed by atoms with van der Waals surface area (Å²) in [5.74, 6) is 0. The fourth-order valence-electron chi connectivity index (χ4n) is 3.33. The van der Waals surface area contributed by atoms with Crippen LogP contribution in [0, 0.1) is 5.41 Å². The van der Waals surface area contributed by atoms with E-state index < -0.39 is 0 Å². The summed E-state index contributed by atoms with van der Waals surface area (Å²) in [4.78, 5) is 2.76. The van der Waals surface area contributed by atoms with E-state index in [0.717, 1.165) is 11.5 Å². The zero-order chi connectivity index (χ0) is 9.60. The molecule has 2 aliphatic carbocycles. The minimum absolute atomic E-state index is 0.503. The summed E-state index contributed by atoms with van der Waals surface area (Å²) in [7, 11) is 0. The lowest BCUT2D eigenvalue weighted by molar-refractivity contribution is 0.175. The van der Waals surface area contributed by atoms with Crippen molar-refractivity contribution in [2.45, 2.75) is 57.0 Å². The lowest BCUT2D eigenvalue weighted by Crippen LogP contribution is -2.39. The van der Waals surface area contributed by atoms with Gasteiger partial charge in [0.2, 0.25) is 0 Å². The number of hydrogen-bond donors (Lipinski definition) is 1. The molecule has 2 heteroatoms. The van der Waals surface area contributed by atoms with E-state index in [2.05, 4.69) is 4.90 Å². The van der Waals surface area contributed by atoms with Crippen molar-refractivity contribution in [3.8, 4) is 0 Å². The Balaban J connectivity index is 1.56. The topological polar surface area (TPSA) is 29.3 Å². The van der Waals surface area contributed by atoms with E-state index in [1.54, 1.807) is 0 Å². The zero-order valence-electron chi connectivity index (χ0n) is 9.04. The van der Waals surface area contributed by atoms with Crippen molar-refractivity contribution in [2.75, 3.05) is 13.1 Å². The molecule has 0 unspecified atom stereocenters. The molecule has 80 valence electrons. The summed E-state index contributed by atoms with van der Waals surface area (Å²) in [5.41, 5.74) is 6.75. The van der Waals surface area contributed by atoms with Crippen LogP contribution in [0.5, 0.6) is 0 Å². The van der Waals surface area contributed by atoms with Gasteiger partial charge in [-0.25, -0.2) is 0 Å². The quantitative estimate of drug-likeness (QED) is 0.689. The minimum Gasteiger partial charge on any atom is -0.328 e. The van der Waals surface area contributed by atoms with Crippen molar-refractivity contribution < 1.29 is 0 Å². The molecule has 2 nitrogen and oxygen atoms in total. The molecule has 2 N–H and O–H groups in total. The van der Waals surface area contributed by atoms with E-state index >= 15 is 0 Å². The Hall–Kier alpha value is -0.0800. The molecule has 1 spiro atoms. The molecular formula is C12H22N2. The lowest BCUT2D eigenvalue weighted by atomic mass is 9.91. The van der Waals surface area contributed by atoms with Crippen LogP contribution in [0.3, 0.4) is 0 Å². The van der Waals surface area contributed by atoms with Crippen molar-refractivity contribution in [3.63, 3.8) is 0 Å². The van der Waals surface area contributed by atoms with Crippen LogP contribution in [0.1, 0.15) is 44.9 Å². The molecule has 0 bridgehead atoms. The Morgan fingerprint density at radius 1 is 1.00 bits per heavy atom. The fraction of sp³-hybridized carbons (Fsp3) is 1.00. The molecule has 1 saturated heterocycles. The summed E-state index contributed by atoms with van der Waals surface area (Å²) in [6.07, 6.45) is 9.73. The highest BCUT2D eigenvalue weighted by Gasteiger charge is 2.48. The van der Waals surface area contributed by atoms with Gasteiger partial charge in [0.05, 0.1) is 0 Å².